The molecule has 0 radical (unpaired) electrons. The van der Waals surface area contributed by atoms with Crippen molar-refractivity contribution >= 4 is 30.6 Å². The number of hydrogen-bond donors (Lipinski definition) is 1. The zero-order valence-corrected chi connectivity index (χ0v) is 33.4. The third kappa shape index (κ3) is 10.6. The Morgan fingerprint density at radius 1 is 0.698 bits per heavy atom. The van der Waals surface area contributed by atoms with Crippen LogP contribution in [0, 0.1) is 5.41 Å². The van der Waals surface area contributed by atoms with Crippen molar-refractivity contribution in [2.45, 2.75) is 91.3 Å². The molecule has 0 saturated carbocycles. The molecule has 5 nitrogen and oxygen atoms in total. The van der Waals surface area contributed by atoms with Crippen LogP contribution in [0.2, 0.25) is 0 Å². The lowest BCUT2D eigenvalue weighted by Crippen LogP contribution is -2.41. The highest BCUT2D eigenvalue weighted by atomic mass is 16.7. The molecular weight excluding hydrogens is 649 g/mol. The first kappa shape index (κ1) is 40.9. The lowest BCUT2D eigenvalue weighted by atomic mass is 9.79. The summed E-state index contributed by atoms with van der Waals surface area (Å²) in [5.74, 6) is 0.368. The van der Waals surface area contributed by atoms with Gasteiger partial charge >= 0.3 is 7.12 Å². The fourth-order valence-electron chi connectivity index (χ4n) is 5.45. The highest BCUT2D eigenvalue weighted by Gasteiger charge is 2.51. The van der Waals surface area contributed by atoms with E-state index in [4.69, 9.17) is 19.7 Å². The topological polar surface area (TPSA) is 67.0 Å². The van der Waals surface area contributed by atoms with E-state index in [9.17, 15) is 0 Å². The van der Waals surface area contributed by atoms with Gasteiger partial charge in [0.2, 0.25) is 0 Å². The summed E-state index contributed by atoms with van der Waals surface area (Å²) in [6.07, 6.45) is 12.8. The van der Waals surface area contributed by atoms with Crippen molar-refractivity contribution in [3.05, 3.63) is 162 Å². The van der Waals surface area contributed by atoms with Crippen LogP contribution < -0.4 is 0 Å². The maximum atomic E-state index is 8.81. The van der Waals surface area contributed by atoms with Crippen molar-refractivity contribution in [2.24, 2.45) is 9.98 Å². The summed E-state index contributed by atoms with van der Waals surface area (Å²) in [4.78, 5) is 9.33. The van der Waals surface area contributed by atoms with E-state index in [0.29, 0.717) is 16.9 Å². The van der Waals surface area contributed by atoms with Crippen LogP contribution in [0.1, 0.15) is 91.5 Å². The molecule has 3 aromatic rings. The average molecular weight is 706 g/mol. The second-order valence-corrected chi connectivity index (χ2v) is 16.5. The molecule has 0 unspecified atom stereocenters. The Morgan fingerprint density at radius 2 is 1.17 bits per heavy atom. The summed E-state index contributed by atoms with van der Waals surface area (Å²) in [5, 5.41) is 8.81. The quantitative estimate of drug-likeness (QED) is 0.0987. The van der Waals surface area contributed by atoms with Gasteiger partial charge in [0, 0.05) is 17.4 Å². The number of aliphatic imine (C=N–C) groups is 2. The zero-order valence-electron chi connectivity index (χ0n) is 33.4. The summed E-state index contributed by atoms with van der Waals surface area (Å²) >= 11 is 0. The van der Waals surface area contributed by atoms with E-state index >= 15 is 0 Å². The van der Waals surface area contributed by atoms with Crippen LogP contribution in [0.3, 0.4) is 0 Å². The molecule has 1 heterocycles. The summed E-state index contributed by atoms with van der Waals surface area (Å²) in [6.45, 7) is 33.5. The minimum atomic E-state index is -0.588. The number of nitrogens with one attached hydrogen (secondary N) is 1. The van der Waals surface area contributed by atoms with Crippen LogP contribution in [0.25, 0.3) is 16.7 Å². The van der Waals surface area contributed by atoms with Crippen molar-refractivity contribution in [1.29, 1.82) is 5.41 Å². The summed E-state index contributed by atoms with van der Waals surface area (Å²) in [7, 11) is -0.588. The molecule has 4 rings (SSSR count). The van der Waals surface area contributed by atoms with Crippen LogP contribution in [0.4, 0.5) is 0 Å². The molecule has 3 aromatic carbocycles. The van der Waals surface area contributed by atoms with Gasteiger partial charge in [-0.2, -0.15) is 0 Å². The molecule has 1 fully saturated rings. The molecule has 1 N–H and O–H groups in total. The monoisotopic (exact) mass is 705 g/mol. The van der Waals surface area contributed by atoms with E-state index in [-0.39, 0.29) is 16.7 Å². The Bertz CT molecular complexity index is 1960. The first-order chi connectivity index (χ1) is 24.7. The first-order valence-electron chi connectivity index (χ1n) is 18.2. The molecule has 1 aliphatic rings. The molecule has 274 valence electrons. The molecule has 0 bridgehead atoms. The van der Waals surface area contributed by atoms with E-state index in [1.807, 2.05) is 64.1 Å². The number of rotatable bonds is 10. The third-order valence-electron chi connectivity index (χ3n) is 9.78. The Balaban J connectivity index is 1.58. The molecule has 0 aromatic heterocycles. The van der Waals surface area contributed by atoms with Crippen molar-refractivity contribution in [1.82, 2.24) is 0 Å². The highest BCUT2D eigenvalue weighted by Crippen LogP contribution is 2.38. The van der Waals surface area contributed by atoms with Crippen LogP contribution in [0.5, 0.6) is 0 Å². The molecule has 0 spiro atoms. The molecular formula is C47H56BN3O2. The second-order valence-electron chi connectivity index (χ2n) is 16.5. The van der Waals surface area contributed by atoms with Gasteiger partial charge < -0.3 is 9.31 Å². The largest absolute Gasteiger partial charge is 0.494 e. The molecule has 53 heavy (non-hydrogen) atoms. The van der Waals surface area contributed by atoms with E-state index in [1.165, 1.54) is 11.1 Å². The predicted octanol–water partition coefficient (Wildman–Crippen LogP) is 11.9. The number of allylic oxidation sites excluding steroid dienone is 7. The minimum Gasteiger partial charge on any atom is -0.399 e. The van der Waals surface area contributed by atoms with E-state index in [0.717, 1.165) is 27.8 Å². The molecule has 1 aliphatic heterocycles. The van der Waals surface area contributed by atoms with Gasteiger partial charge in [-0.05, 0) is 83.5 Å². The Hall–Kier alpha value is -4.91. The highest BCUT2D eigenvalue weighted by molar-refractivity contribution is 6.55. The van der Waals surface area contributed by atoms with Crippen molar-refractivity contribution in [2.75, 3.05) is 0 Å². The minimum absolute atomic E-state index is 0.0199. The van der Waals surface area contributed by atoms with Gasteiger partial charge in [0.05, 0.1) is 11.2 Å². The van der Waals surface area contributed by atoms with Crippen LogP contribution >= 0.6 is 0 Å². The molecule has 0 atom stereocenters. The lowest BCUT2D eigenvalue weighted by molar-refractivity contribution is 0.00578. The summed E-state index contributed by atoms with van der Waals surface area (Å²) in [5.41, 5.74) is 7.90. The van der Waals surface area contributed by atoms with Gasteiger partial charge in [0.25, 0.3) is 0 Å². The Morgan fingerprint density at radius 3 is 1.66 bits per heavy atom. The zero-order chi connectivity index (χ0) is 39.2. The van der Waals surface area contributed by atoms with Crippen LogP contribution in [0.15, 0.2) is 150 Å². The summed E-state index contributed by atoms with van der Waals surface area (Å²) in [6, 6.07) is 25.3. The van der Waals surface area contributed by atoms with Gasteiger partial charge in [-0.3, -0.25) is 5.41 Å². The van der Waals surface area contributed by atoms with E-state index < -0.39 is 18.3 Å². The van der Waals surface area contributed by atoms with Crippen molar-refractivity contribution in [3.63, 3.8) is 0 Å². The maximum absolute atomic E-state index is 8.81. The third-order valence-corrected chi connectivity index (χ3v) is 9.78. The number of benzene rings is 3. The van der Waals surface area contributed by atoms with Gasteiger partial charge in [0.1, 0.15) is 0 Å². The lowest BCUT2D eigenvalue weighted by Gasteiger charge is -2.32. The summed E-state index contributed by atoms with van der Waals surface area (Å²) < 4.78 is 12.2. The smallest absolute Gasteiger partial charge is 0.399 e. The predicted molar refractivity (Wildman–Crippen MR) is 229 cm³/mol. The molecule has 0 aliphatic carbocycles. The SMILES string of the molecule is C=C/C(=C\C=C\C=NC(=NC(=N)C(=C)/C=C\C(=C)B1OC(C)(C)C(C)(C)O1)c1ccc(-c2ccc(C(C)(C)C)cc2)cc1)c1ccc(C(C)(C)C)cc1. The van der Waals surface area contributed by atoms with Gasteiger partial charge in [-0.15, -0.1) is 0 Å². The maximum Gasteiger partial charge on any atom is 0.494 e. The Kier molecular flexibility index (Phi) is 12.6. The van der Waals surface area contributed by atoms with Crippen LogP contribution in [-0.2, 0) is 20.1 Å². The van der Waals surface area contributed by atoms with Crippen molar-refractivity contribution in [3.8, 4) is 11.1 Å². The van der Waals surface area contributed by atoms with Crippen LogP contribution in [-0.4, -0.2) is 36.2 Å². The van der Waals surface area contributed by atoms with Gasteiger partial charge in [-0.25, -0.2) is 9.98 Å². The second kappa shape index (κ2) is 16.4. The molecule has 1 saturated heterocycles. The molecule has 0 amide bonds. The normalized spacial score (nSPS) is 16.5. The Labute approximate surface area is 319 Å². The number of hydrogen-bond acceptors (Lipinski definition) is 3. The number of amidine groups is 2. The van der Waals surface area contributed by atoms with Crippen molar-refractivity contribution < 1.29 is 9.31 Å². The first-order valence-corrected chi connectivity index (χ1v) is 18.2. The van der Waals surface area contributed by atoms with E-state index in [1.54, 1.807) is 18.4 Å². The standard InChI is InChI=1S/C47H56BN3O2/c1-14-35(36-24-28-40(29-25-36)44(4,5)6)17-15-16-32-50-43(39-22-20-37(21-23-39)38-26-30-41(31-27-38)45(7,8)9)51-42(49)33(2)18-19-34(3)48-52-46(10,11)47(12,13)53-48/h14-32,49H,1-3H2,4-13H3/b16-15+,19-18-,35-17+,49-42?,50-32?,51-43?. The van der Waals surface area contributed by atoms with E-state index in [2.05, 4.69) is 127 Å². The fraction of sp³-hybridized carbons (Fsp3) is 0.298. The number of nitrogens with zero attached hydrogens (tertiary/aromatic N) is 2. The average Bonchev–Trinajstić information content (AvgIpc) is 3.33. The fourth-order valence-corrected chi connectivity index (χ4v) is 5.45. The van der Waals surface area contributed by atoms with Gasteiger partial charge in [0.15, 0.2) is 11.7 Å². The molecule has 6 heteroatoms. The van der Waals surface area contributed by atoms with Gasteiger partial charge in [-0.1, -0.05) is 164 Å².